The van der Waals surface area contributed by atoms with Crippen LogP contribution in [-0.2, 0) is 28.6 Å². The molecule has 0 N–H and O–H groups in total. The van der Waals surface area contributed by atoms with Crippen LogP contribution >= 0.6 is 0 Å². The fourth-order valence-electron chi connectivity index (χ4n) is 6.38. The van der Waals surface area contributed by atoms with Gasteiger partial charge in [0.2, 0.25) is 0 Å². The number of likely N-dealkylation sites (N-methyl/N-ethyl adjacent to an activating group) is 1. The fourth-order valence-corrected chi connectivity index (χ4v) is 6.38. The summed E-state index contributed by atoms with van der Waals surface area (Å²) >= 11 is 0. The van der Waals surface area contributed by atoms with E-state index in [9.17, 15) is 19.5 Å². The van der Waals surface area contributed by atoms with Crippen LogP contribution in [0.15, 0.2) is 146 Å². The first-order chi connectivity index (χ1) is 32.6. The van der Waals surface area contributed by atoms with Crippen LogP contribution in [-0.4, -0.2) is 75.5 Å². The Labute approximate surface area is 408 Å². The number of aliphatic carboxylic acids is 1. The number of carboxylic acids is 1. The molecular formula is C59H91NO7. The highest BCUT2D eigenvalue weighted by atomic mass is 16.6. The molecular weight excluding hydrogens is 835 g/mol. The molecule has 0 aliphatic heterocycles. The number of unbranched alkanes of at least 4 members (excludes halogenated alkanes) is 5. The summed E-state index contributed by atoms with van der Waals surface area (Å²) in [6, 6.07) is -0.751. The first-order valence-electron chi connectivity index (χ1n) is 25.4. The van der Waals surface area contributed by atoms with Gasteiger partial charge in [-0.2, -0.15) is 0 Å². The number of rotatable bonds is 43. The van der Waals surface area contributed by atoms with Crippen molar-refractivity contribution in [3.05, 3.63) is 146 Å². The highest BCUT2D eigenvalue weighted by Crippen LogP contribution is 2.11. The third-order valence-corrected chi connectivity index (χ3v) is 10.2. The zero-order valence-corrected chi connectivity index (χ0v) is 42.5. The van der Waals surface area contributed by atoms with Crippen molar-refractivity contribution in [1.29, 1.82) is 0 Å². The molecule has 8 heteroatoms. The molecule has 0 aromatic carbocycles. The summed E-state index contributed by atoms with van der Waals surface area (Å²) in [6.45, 7) is 4.32. The SMILES string of the molecule is CC/C=C/C/C=C/C/C=C/C/C=C/C/C=C/C/C=C/CCCCCCC(=O)OC(COCCC(C(=O)[O-])[N+](C)(C)C)COC(=O)CCC/C=C/C/C=C/C/C=C/C/C=C/C/C=C/C/C=C/CC. The minimum atomic E-state index is -1.14. The van der Waals surface area contributed by atoms with E-state index in [2.05, 4.69) is 160 Å². The molecule has 374 valence electrons. The molecule has 0 bridgehead atoms. The molecule has 0 spiro atoms. The van der Waals surface area contributed by atoms with Crippen LogP contribution in [0.25, 0.3) is 0 Å². The normalized spacial score (nSPS) is 14.1. The lowest BCUT2D eigenvalue weighted by Crippen LogP contribution is -2.55. The van der Waals surface area contributed by atoms with Gasteiger partial charge < -0.3 is 28.6 Å². The average Bonchev–Trinajstić information content (AvgIpc) is 3.29. The van der Waals surface area contributed by atoms with Crippen molar-refractivity contribution in [1.82, 2.24) is 0 Å². The number of nitrogens with zero attached hydrogens (tertiary/aromatic N) is 1. The van der Waals surface area contributed by atoms with Crippen molar-refractivity contribution in [3.63, 3.8) is 0 Å². The number of hydrogen-bond donors (Lipinski definition) is 0. The molecule has 8 nitrogen and oxygen atoms in total. The predicted octanol–water partition coefficient (Wildman–Crippen LogP) is 13.6. The molecule has 0 rings (SSSR count). The van der Waals surface area contributed by atoms with Crippen LogP contribution in [0.3, 0.4) is 0 Å². The maximum atomic E-state index is 12.8. The topological polar surface area (TPSA) is 102 Å². The summed E-state index contributed by atoms with van der Waals surface area (Å²) in [5.74, 6) is -1.87. The largest absolute Gasteiger partial charge is 0.544 e. The van der Waals surface area contributed by atoms with E-state index in [4.69, 9.17) is 14.2 Å². The lowest BCUT2D eigenvalue weighted by molar-refractivity contribution is -0.889. The third kappa shape index (κ3) is 46.1. The van der Waals surface area contributed by atoms with Gasteiger partial charge in [0.05, 0.1) is 40.3 Å². The molecule has 2 unspecified atom stereocenters. The van der Waals surface area contributed by atoms with Crippen molar-refractivity contribution >= 4 is 17.9 Å². The molecule has 67 heavy (non-hydrogen) atoms. The smallest absolute Gasteiger partial charge is 0.306 e. The Morgan fingerprint density at radius 1 is 0.448 bits per heavy atom. The first kappa shape index (κ1) is 62.2. The van der Waals surface area contributed by atoms with Crippen molar-refractivity contribution in [2.75, 3.05) is 41.0 Å². The Bertz CT molecular complexity index is 1590. The number of carbonyl (C=O) groups excluding carboxylic acids is 3. The summed E-state index contributed by atoms with van der Waals surface area (Å²) in [5, 5.41) is 11.7. The molecule has 0 saturated heterocycles. The average molecular weight is 926 g/mol. The number of carbonyl (C=O) groups is 3. The van der Waals surface area contributed by atoms with Crippen LogP contribution in [0.2, 0.25) is 0 Å². The molecule has 0 aromatic heterocycles. The minimum Gasteiger partial charge on any atom is -0.544 e. The summed E-state index contributed by atoms with van der Waals surface area (Å²) < 4.78 is 17.1. The maximum Gasteiger partial charge on any atom is 0.306 e. The standard InChI is InChI=1S/C59H91NO7/c1-6-8-10-12-14-16-18-20-22-24-26-28-29-30-32-34-36-38-40-42-44-46-48-50-58(62)67-55(53-65-52-51-56(59(63)64)60(3,4)5)54-66-57(61)49-47-45-43-41-39-37-35-33-31-27-25-23-21-19-17-15-13-11-9-7-2/h8-11,14-17,20-23,26-28,30-32,35-38,41,43,55-56H,6-7,12-13,18-19,24-25,29,33-34,39-40,42,44-54H2,1-5H3/b10-8+,11-9+,16-14+,17-15+,22-20+,23-21+,28-26+,31-27+,32-30+,37-35+,38-36+,43-41+. The van der Waals surface area contributed by atoms with Crippen molar-refractivity contribution in [3.8, 4) is 0 Å². The Kier molecular flexibility index (Phi) is 44.3. The van der Waals surface area contributed by atoms with Crippen LogP contribution in [0.1, 0.15) is 155 Å². The number of allylic oxidation sites excluding steroid dienone is 24. The van der Waals surface area contributed by atoms with Crippen LogP contribution in [0.5, 0.6) is 0 Å². The Morgan fingerprint density at radius 3 is 1.19 bits per heavy atom. The molecule has 0 aromatic rings. The van der Waals surface area contributed by atoms with E-state index in [1.54, 1.807) is 21.1 Å². The molecule has 0 fully saturated rings. The quantitative estimate of drug-likeness (QED) is 0.0260. The minimum absolute atomic E-state index is 0.000422. The zero-order valence-electron chi connectivity index (χ0n) is 42.5. The van der Waals surface area contributed by atoms with Gasteiger partial charge in [-0.1, -0.05) is 173 Å². The van der Waals surface area contributed by atoms with E-state index in [1.165, 1.54) is 0 Å². The molecule has 0 aliphatic carbocycles. The molecule has 0 amide bonds. The second kappa shape index (κ2) is 47.7. The van der Waals surface area contributed by atoms with Gasteiger partial charge in [0.1, 0.15) is 12.6 Å². The Balaban J connectivity index is 4.46. The molecule has 2 atom stereocenters. The summed E-state index contributed by atoms with van der Waals surface area (Å²) in [6.07, 6.45) is 70.3. The summed E-state index contributed by atoms with van der Waals surface area (Å²) in [5.41, 5.74) is 0. The van der Waals surface area contributed by atoms with Gasteiger partial charge in [-0.25, -0.2) is 0 Å². The molecule has 0 radical (unpaired) electrons. The Hall–Kier alpha value is -4.79. The van der Waals surface area contributed by atoms with Crippen LogP contribution in [0.4, 0.5) is 0 Å². The van der Waals surface area contributed by atoms with Gasteiger partial charge in [0.25, 0.3) is 0 Å². The van der Waals surface area contributed by atoms with Crippen molar-refractivity contribution in [2.24, 2.45) is 0 Å². The zero-order chi connectivity index (χ0) is 49.2. The van der Waals surface area contributed by atoms with Gasteiger partial charge >= 0.3 is 11.9 Å². The lowest BCUT2D eigenvalue weighted by atomic mass is 10.1. The number of carboxylic acid groups (broad SMARTS) is 1. The first-order valence-corrected chi connectivity index (χ1v) is 25.4. The molecule has 0 saturated carbocycles. The summed E-state index contributed by atoms with van der Waals surface area (Å²) in [7, 11) is 5.37. The Morgan fingerprint density at radius 2 is 0.806 bits per heavy atom. The highest BCUT2D eigenvalue weighted by Gasteiger charge is 2.25. The van der Waals surface area contributed by atoms with Crippen molar-refractivity contribution in [2.45, 2.75) is 167 Å². The van der Waals surface area contributed by atoms with Gasteiger partial charge in [-0.15, -0.1) is 0 Å². The monoisotopic (exact) mass is 926 g/mol. The third-order valence-electron chi connectivity index (χ3n) is 10.2. The lowest BCUT2D eigenvalue weighted by Gasteiger charge is -2.34. The number of hydrogen-bond acceptors (Lipinski definition) is 7. The van der Waals surface area contributed by atoms with E-state index < -0.39 is 18.1 Å². The fraction of sp³-hybridized carbons (Fsp3) is 0.542. The van der Waals surface area contributed by atoms with E-state index in [0.717, 1.165) is 109 Å². The van der Waals surface area contributed by atoms with Crippen LogP contribution < -0.4 is 5.11 Å². The van der Waals surface area contributed by atoms with E-state index in [-0.39, 0.29) is 55.5 Å². The van der Waals surface area contributed by atoms with Crippen LogP contribution in [0, 0.1) is 0 Å². The second-order valence-electron chi connectivity index (χ2n) is 17.3. The number of esters is 2. The van der Waals surface area contributed by atoms with E-state index in [0.29, 0.717) is 12.8 Å². The molecule has 0 heterocycles. The molecule has 0 aliphatic rings. The van der Waals surface area contributed by atoms with Gasteiger partial charge in [0, 0.05) is 19.3 Å². The van der Waals surface area contributed by atoms with Gasteiger partial charge in [0.15, 0.2) is 6.10 Å². The van der Waals surface area contributed by atoms with Crippen molar-refractivity contribution < 1.29 is 38.2 Å². The predicted molar refractivity (Wildman–Crippen MR) is 281 cm³/mol. The maximum absolute atomic E-state index is 12.8. The van der Waals surface area contributed by atoms with Gasteiger partial charge in [-0.05, 0) is 109 Å². The number of ether oxygens (including phenoxy) is 3. The number of quaternary nitrogens is 1. The van der Waals surface area contributed by atoms with Gasteiger partial charge in [-0.3, -0.25) is 9.59 Å². The van der Waals surface area contributed by atoms with E-state index >= 15 is 0 Å². The second-order valence-corrected chi connectivity index (χ2v) is 17.3. The highest BCUT2D eigenvalue weighted by molar-refractivity contribution is 5.70. The summed E-state index contributed by atoms with van der Waals surface area (Å²) in [4.78, 5) is 37.0. The van der Waals surface area contributed by atoms with E-state index in [1.807, 2.05) is 0 Å².